The first-order chi connectivity index (χ1) is 51.1. The minimum Gasteiger partial charge on any atom is -0.305 e. The molecule has 0 aliphatic heterocycles. The van der Waals surface area contributed by atoms with E-state index in [0.29, 0.717) is 5.92 Å². The second-order valence-corrected chi connectivity index (χ2v) is 25.9. The maximum Gasteiger partial charge on any atom is 0.126 e. The predicted molar refractivity (Wildman–Crippen MR) is 428 cm³/mol. The zero-order valence-electron chi connectivity index (χ0n) is 62.0. The third kappa shape index (κ3) is 25.7. The first kappa shape index (κ1) is 84.9. The molecular weight excluding hydrogens is 1860 g/mol. The van der Waals surface area contributed by atoms with E-state index in [-0.39, 0.29) is 77.9 Å². The summed E-state index contributed by atoms with van der Waals surface area (Å²) in [5.41, 5.74) is 26.1. The molecule has 0 aliphatic rings. The van der Waals surface area contributed by atoms with Crippen molar-refractivity contribution in [1.29, 1.82) is 0 Å². The minimum atomic E-state index is -0.149. The molecule has 0 aliphatic carbocycles. The number of aromatic nitrogens is 6. The molecule has 15 aromatic rings. The van der Waals surface area contributed by atoms with Gasteiger partial charge in [0.1, 0.15) is 11.6 Å². The van der Waals surface area contributed by atoms with Crippen LogP contribution in [0, 0.1) is 81.6 Å². The molecule has 0 N–H and O–H groups in total. The van der Waals surface area contributed by atoms with Gasteiger partial charge in [-0.1, -0.05) is 120 Å². The number of hydrogen-bond donors (Lipinski definition) is 0. The van der Waals surface area contributed by atoms with E-state index in [0.717, 1.165) is 114 Å². The Hall–Kier alpha value is -10.3. The van der Waals surface area contributed by atoms with Crippen molar-refractivity contribution in [3.63, 3.8) is 0 Å². The summed E-state index contributed by atoms with van der Waals surface area (Å²) in [6, 6.07) is 108. The Morgan fingerprint density at radius 1 is 0.306 bits per heavy atom. The molecular formula is C97H84F2Ir3N6-6. The van der Waals surface area contributed by atoms with Gasteiger partial charge in [0, 0.05) is 97.5 Å². The maximum absolute atomic E-state index is 14.0. The van der Waals surface area contributed by atoms with Crippen molar-refractivity contribution in [2.75, 3.05) is 0 Å². The maximum atomic E-state index is 14.0. The van der Waals surface area contributed by atoms with E-state index in [1.54, 1.807) is 24.5 Å². The van der Waals surface area contributed by atoms with Crippen LogP contribution in [0.15, 0.2) is 310 Å². The van der Waals surface area contributed by atoms with Crippen molar-refractivity contribution >= 4 is 0 Å². The van der Waals surface area contributed by atoms with Gasteiger partial charge in [0.2, 0.25) is 0 Å². The summed E-state index contributed by atoms with van der Waals surface area (Å²) in [4.78, 5) is 26.2. The van der Waals surface area contributed by atoms with Crippen LogP contribution < -0.4 is 0 Å². The standard InChI is InChI=1S/C21H19FN.C20H17FN.C20H18N.3C12H10N.3Ir/c1-15(2)12-19-13-17(8-9-20(19)22)18-10-11-23-21(14-18)16-6-4-3-5-7-16;1-14(2)18-12-16(8-9-19(18)21)17-10-11-22-20(13-17)15-6-4-3-5-7-15;1-3-16-13-18(10-9-15(16)2)19-11-12-21-20(14-19)17-7-5-4-6-8-17;3*1-10-7-8-12(13-9-10)11-5-3-2-4-6-11;;;/h3-6,8-11,13-15H,12H2,1-2H3;3-6,8-14H,1-2H3;4-7,9-14H,3H2,1-2H3;3*2-5,7-9H,1H3;;;/q6*-1;;;. The minimum absolute atomic E-state index is 0. The van der Waals surface area contributed by atoms with Gasteiger partial charge in [-0.2, -0.15) is 0 Å². The topological polar surface area (TPSA) is 77.3 Å². The van der Waals surface area contributed by atoms with Gasteiger partial charge in [0.05, 0.1) is 0 Å². The van der Waals surface area contributed by atoms with Gasteiger partial charge in [-0.25, -0.2) is 8.78 Å². The molecule has 0 unspecified atom stereocenters. The number of rotatable bonds is 13. The molecule has 9 aromatic carbocycles. The largest absolute Gasteiger partial charge is 0.305 e. The Labute approximate surface area is 678 Å². The van der Waals surface area contributed by atoms with Crippen molar-refractivity contribution in [2.24, 2.45) is 5.92 Å². The first-order valence-electron chi connectivity index (χ1n) is 35.3. The molecule has 0 atom stereocenters. The zero-order chi connectivity index (χ0) is 73.7. The van der Waals surface area contributed by atoms with E-state index in [9.17, 15) is 8.78 Å². The van der Waals surface area contributed by atoms with Crippen LogP contribution in [0.2, 0.25) is 0 Å². The third-order valence-corrected chi connectivity index (χ3v) is 16.9. The Balaban J connectivity index is 0.000000182. The summed E-state index contributed by atoms with van der Waals surface area (Å²) in [6.07, 6.45) is 12.9. The molecule has 108 heavy (non-hydrogen) atoms. The molecule has 0 saturated carbocycles. The number of nitrogens with zero attached hydrogens (tertiary/aromatic N) is 6. The van der Waals surface area contributed by atoms with E-state index in [4.69, 9.17) is 0 Å². The van der Waals surface area contributed by atoms with E-state index < -0.39 is 0 Å². The van der Waals surface area contributed by atoms with Crippen molar-refractivity contribution in [3.8, 4) is 101 Å². The summed E-state index contributed by atoms with van der Waals surface area (Å²) in [6.45, 7) is 18.7. The SMILES string of the molecule is CC(C)Cc1cc(-c2ccnc(-c3[c-]cccc3)c2)ccc1F.CC(C)c1cc(-c2ccnc(-c3[c-]cccc3)c2)ccc1F.CCc1cc(-c2ccnc(-c3[c-]cccc3)c2)ccc1C.Cc1ccc(-c2[c-]cccc2)nc1.Cc1ccc(-c2[c-]cccc2)nc1.Cc1ccc(-c2[c-]cccc2)nc1.[Ir].[Ir].[Ir]. The smallest absolute Gasteiger partial charge is 0.126 e. The van der Waals surface area contributed by atoms with Crippen LogP contribution in [0.4, 0.5) is 8.78 Å². The predicted octanol–water partition coefficient (Wildman–Crippen LogP) is 24.7. The Bertz CT molecular complexity index is 4930. The van der Waals surface area contributed by atoms with E-state index in [2.05, 4.69) is 143 Å². The van der Waals surface area contributed by atoms with Crippen LogP contribution in [0.5, 0.6) is 0 Å². The fourth-order valence-corrected chi connectivity index (χ4v) is 11.2. The molecule has 549 valence electrons. The van der Waals surface area contributed by atoms with Gasteiger partial charge in [0.25, 0.3) is 0 Å². The normalized spacial score (nSPS) is 10.2. The van der Waals surface area contributed by atoms with Crippen LogP contribution in [0.25, 0.3) is 101 Å². The van der Waals surface area contributed by atoms with Crippen LogP contribution in [0.1, 0.15) is 79.5 Å². The van der Waals surface area contributed by atoms with Crippen LogP contribution in [-0.4, -0.2) is 29.9 Å². The summed E-state index contributed by atoms with van der Waals surface area (Å²) in [7, 11) is 0. The Morgan fingerprint density at radius 2 is 0.611 bits per heavy atom. The fourth-order valence-electron chi connectivity index (χ4n) is 11.2. The molecule has 6 nitrogen and oxygen atoms in total. The Morgan fingerprint density at radius 3 is 0.907 bits per heavy atom. The van der Waals surface area contributed by atoms with Crippen LogP contribution >= 0.6 is 0 Å². The molecule has 0 fully saturated rings. The van der Waals surface area contributed by atoms with Gasteiger partial charge in [-0.15, -0.1) is 215 Å². The number of halogens is 2. The molecule has 15 rings (SSSR count). The number of benzene rings is 9. The molecule has 3 radical (unpaired) electrons. The summed E-state index contributed by atoms with van der Waals surface area (Å²) in [5, 5.41) is 0. The number of pyridine rings is 6. The molecule has 0 saturated heterocycles. The third-order valence-electron chi connectivity index (χ3n) is 16.9. The van der Waals surface area contributed by atoms with E-state index in [1.807, 2.05) is 272 Å². The molecule has 11 heteroatoms. The van der Waals surface area contributed by atoms with Crippen molar-refractivity contribution < 1.29 is 69.1 Å². The number of aryl methyl sites for hydroxylation is 5. The quantitative estimate of drug-likeness (QED) is 0.107. The molecule has 0 spiro atoms. The van der Waals surface area contributed by atoms with Gasteiger partial charge in [0.15, 0.2) is 0 Å². The van der Waals surface area contributed by atoms with Gasteiger partial charge in [-0.05, 0) is 201 Å². The van der Waals surface area contributed by atoms with Crippen LogP contribution in [-0.2, 0) is 73.2 Å². The van der Waals surface area contributed by atoms with E-state index >= 15 is 0 Å². The monoisotopic (exact) mass is 1950 g/mol. The second-order valence-electron chi connectivity index (χ2n) is 25.9. The van der Waals surface area contributed by atoms with E-state index in [1.165, 1.54) is 38.9 Å². The van der Waals surface area contributed by atoms with Gasteiger partial charge < -0.3 is 29.9 Å². The molecule has 0 amide bonds. The summed E-state index contributed by atoms with van der Waals surface area (Å²) < 4.78 is 27.8. The van der Waals surface area contributed by atoms with Gasteiger partial charge >= 0.3 is 0 Å². The Kier molecular flexibility index (Phi) is 34.7. The molecule has 6 heterocycles. The van der Waals surface area contributed by atoms with Gasteiger partial charge in [-0.3, -0.25) is 0 Å². The molecule has 6 aromatic heterocycles. The van der Waals surface area contributed by atoms with Crippen molar-refractivity contribution in [2.45, 2.75) is 81.1 Å². The summed E-state index contributed by atoms with van der Waals surface area (Å²) in [5.74, 6) is 0.299. The van der Waals surface area contributed by atoms with Crippen molar-refractivity contribution in [3.05, 3.63) is 397 Å². The second kappa shape index (κ2) is 44.1. The average Bonchev–Trinajstić information content (AvgIpc) is 0.821. The first-order valence-corrected chi connectivity index (χ1v) is 35.3. The summed E-state index contributed by atoms with van der Waals surface area (Å²) >= 11 is 0. The average molecular weight is 1950 g/mol. The van der Waals surface area contributed by atoms with Crippen molar-refractivity contribution in [1.82, 2.24) is 29.9 Å². The fraction of sp³-hybridized carbons (Fsp3) is 0.134. The zero-order valence-corrected chi connectivity index (χ0v) is 69.1. The van der Waals surface area contributed by atoms with Crippen LogP contribution in [0.3, 0.4) is 0 Å². The molecule has 0 bridgehead atoms. The number of hydrogen-bond acceptors (Lipinski definition) is 6.